The van der Waals surface area contributed by atoms with Crippen molar-refractivity contribution in [1.82, 2.24) is 0 Å². The lowest BCUT2D eigenvalue weighted by atomic mass is 9.99. The fraction of sp³-hybridized carbons (Fsp3) is 0. The van der Waals surface area contributed by atoms with Gasteiger partial charge in [0.15, 0.2) is 23.0 Å². The predicted molar refractivity (Wildman–Crippen MR) is 140 cm³/mol. The van der Waals surface area contributed by atoms with Gasteiger partial charge in [0, 0.05) is 0 Å². The van der Waals surface area contributed by atoms with Crippen LogP contribution in [0.4, 0.5) is 17.1 Å². The normalized spacial score (nSPS) is 12.9. The summed E-state index contributed by atoms with van der Waals surface area (Å²) < 4.78 is 18.7. The Labute approximate surface area is 205 Å². The van der Waals surface area contributed by atoms with Gasteiger partial charge in [0.05, 0.1) is 22.1 Å². The molecule has 0 aliphatic carbocycles. The Morgan fingerprint density at radius 2 is 1.14 bits per heavy atom. The first kappa shape index (κ1) is 19.3. The summed E-state index contributed by atoms with van der Waals surface area (Å²) >= 11 is 0. The number of hydrogen-bond acceptors (Lipinski definition) is 5. The molecule has 0 radical (unpaired) electrons. The molecule has 0 amide bonds. The molecule has 0 saturated heterocycles. The lowest BCUT2D eigenvalue weighted by Crippen LogP contribution is -2.20. The van der Waals surface area contributed by atoms with Crippen LogP contribution < -0.4 is 19.8 Å². The molecule has 0 spiro atoms. The second kappa shape index (κ2) is 6.99. The molecule has 0 fully saturated rings. The van der Waals surface area contributed by atoms with Crippen LogP contribution in [0.3, 0.4) is 0 Å². The van der Waals surface area contributed by atoms with Crippen LogP contribution in [0, 0.1) is 0 Å². The summed E-state index contributed by atoms with van der Waals surface area (Å²) in [6.07, 6.45) is 0. The van der Waals surface area contributed by atoms with E-state index in [4.69, 9.17) is 13.9 Å². The fourth-order valence-corrected chi connectivity index (χ4v) is 5.17. The van der Waals surface area contributed by atoms with Crippen LogP contribution in [0.15, 0.2) is 112 Å². The number of hydrogen-bond donors (Lipinski definition) is 0. The molecule has 0 unspecified atom stereocenters. The topological polar surface area (TPSA) is 51.9 Å². The summed E-state index contributed by atoms with van der Waals surface area (Å²) in [7, 11) is 0. The Kier molecular flexibility index (Phi) is 3.75. The number of anilines is 3. The molecule has 5 nitrogen and oxygen atoms in total. The van der Waals surface area contributed by atoms with E-state index in [1.54, 1.807) is 6.07 Å². The number of fused-ring (bicyclic) bond motifs is 6. The molecule has 3 heterocycles. The van der Waals surface area contributed by atoms with Crippen molar-refractivity contribution in [2.45, 2.75) is 0 Å². The summed E-state index contributed by atoms with van der Waals surface area (Å²) in [5.41, 5.74) is 5.65. The Balaban J connectivity index is 1.35. The first-order valence-electron chi connectivity index (χ1n) is 11.7. The predicted octanol–water partition coefficient (Wildman–Crippen LogP) is 8.29. The fourth-order valence-electron chi connectivity index (χ4n) is 5.17. The molecule has 0 bridgehead atoms. The minimum absolute atomic E-state index is 0.0467. The quantitative estimate of drug-likeness (QED) is 0.227. The van der Waals surface area contributed by atoms with E-state index in [-0.39, 0.29) is 5.43 Å². The molecule has 1 aromatic heterocycles. The standard InChI is InChI=1S/C31H17NO4/c33-31-20-7-1-4-10-24(20)34-25-14-13-18(15-21(25)31)19-16-28-30-29(17-19)36-27-12-6-3-9-23(27)32(30)22-8-2-5-11-26(22)35-28/h1-17H. The van der Waals surface area contributed by atoms with E-state index in [9.17, 15) is 4.79 Å². The first-order valence-corrected chi connectivity index (χ1v) is 11.7. The number of nitrogens with zero attached hydrogens (tertiary/aromatic N) is 1. The number of rotatable bonds is 1. The number of benzene rings is 5. The summed E-state index contributed by atoms with van der Waals surface area (Å²) in [6, 6.07) is 33.0. The Hall–Kier alpha value is -5.03. The van der Waals surface area contributed by atoms with E-state index in [0.717, 1.165) is 39.7 Å². The van der Waals surface area contributed by atoms with Crippen molar-refractivity contribution >= 4 is 39.0 Å². The first-order chi connectivity index (χ1) is 17.7. The van der Waals surface area contributed by atoms with E-state index in [2.05, 4.69) is 4.90 Å². The van der Waals surface area contributed by atoms with Gasteiger partial charge in [-0.1, -0.05) is 42.5 Å². The second-order valence-corrected chi connectivity index (χ2v) is 8.93. The number of ether oxygens (including phenoxy) is 2. The second-order valence-electron chi connectivity index (χ2n) is 8.93. The highest BCUT2D eigenvalue weighted by atomic mass is 16.5. The molecule has 36 heavy (non-hydrogen) atoms. The maximum atomic E-state index is 13.2. The van der Waals surface area contributed by atoms with E-state index in [1.807, 2.05) is 97.1 Å². The van der Waals surface area contributed by atoms with Crippen LogP contribution in [0.1, 0.15) is 0 Å². The van der Waals surface area contributed by atoms with Gasteiger partial charge in [-0.2, -0.15) is 0 Å². The zero-order chi connectivity index (χ0) is 23.8. The molecule has 0 saturated carbocycles. The monoisotopic (exact) mass is 467 g/mol. The molecule has 0 atom stereocenters. The van der Waals surface area contributed by atoms with Crippen LogP contribution >= 0.6 is 0 Å². The molecule has 170 valence electrons. The summed E-state index contributed by atoms with van der Waals surface area (Å²) in [5, 5.41) is 1.11. The van der Waals surface area contributed by atoms with Gasteiger partial charge in [-0.25, -0.2) is 0 Å². The van der Waals surface area contributed by atoms with Crippen LogP contribution in [-0.4, -0.2) is 0 Å². The average molecular weight is 467 g/mol. The molecule has 5 heteroatoms. The van der Waals surface area contributed by atoms with E-state index >= 15 is 0 Å². The molecule has 0 N–H and O–H groups in total. The highest BCUT2D eigenvalue weighted by Crippen LogP contribution is 2.60. The average Bonchev–Trinajstić information content (AvgIpc) is 2.92. The van der Waals surface area contributed by atoms with Crippen molar-refractivity contribution in [2.24, 2.45) is 0 Å². The van der Waals surface area contributed by atoms with Gasteiger partial charge in [-0.15, -0.1) is 0 Å². The van der Waals surface area contributed by atoms with Crippen molar-refractivity contribution < 1.29 is 13.9 Å². The third kappa shape index (κ3) is 2.62. The van der Waals surface area contributed by atoms with Crippen LogP contribution in [0.5, 0.6) is 23.0 Å². The zero-order valence-electron chi connectivity index (χ0n) is 18.9. The van der Waals surface area contributed by atoms with Crippen LogP contribution in [0.2, 0.25) is 0 Å². The van der Waals surface area contributed by atoms with Gasteiger partial charge in [0.25, 0.3) is 0 Å². The number of para-hydroxylation sites is 5. The Morgan fingerprint density at radius 1 is 0.528 bits per heavy atom. The minimum Gasteiger partial charge on any atom is -0.456 e. The summed E-state index contributed by atoms with van der Waals surface area (Å²) in [5.74, 6) is 2.94. The van der Waals surface area contributed by atoms with Gasteiger partial charge in [-0.3, -0.25) is 9.69 Å². The van der Waals surface area contributed by atoms with Crippen molar-refractivity contribution in [3.63, 3.8) is 0 Å². The van der Waals surface area contributed by atoms with Gasteiger partial charge in [0.1, 0.15) is 16.9 Å². The van der Waals surface area contributed by atoms with Crippen molar-refractivity contribution in [3.05, 3.63) is 113 Å². The highest BCUT2D eigenvalue weighted by molar-refractivity contribution is 5.96. The van der Waals surface area contributed by atoms with Gasteiger partial charge in [0.2, 0.25) is 5.43 Å². The maximum absolute atomic E-state index is 13.2. The molecule has 5 aromatic carbocycles. The molecule has 2 aliphatic rings. The molecule has 2 aliphatic heterocycles. The minimum atomic E-state index is -0.0467. The summed E-state index contributed by atoms with van der Waals surface area (Å²) in [4.78, 5) is 15.4. The van der Waals surface area contributed by atoms with E-state index in [0.29, 0.717) is 33.4 Å². The lowest BCUT2D eigenvalue weighted by Gasteiger charge is -2.38. The van der Waals surface area contributed by atoms with Gasteiger partial charge >= 0.3 is 0 Å². The molecular weight excluding hydrogens is 450 g/mol. The molecular formula is C31H17NO4. The summed E-state index contributed by atoms with van der Waals surface area (Å²) in [6.45, 7) is 0. The van der Waals surface area contributed by atoms with E-state index < -0.39 is 0 Å². The Morgan fingerprint density at radius 3 is 1.86 bits per heavy atom. The van der Waals surface area contributed by atoms with E-state index in [1.165, 1.54) is 0 Å². The van der Waals surface area contributed by atoms with Crippen LogP contribution in [0.25, 0.3) is 33.1 Å². The Bertz CT molecular complexity index is 1870. The van der Waals surface area contributed by atoms with Crippen molar-refractivity contribution in [3.8, 4) is 34.1 Å². The highest BCUT2D eigenvalue weighted by Gasteiger charge is 2.34. The third-order valence-electron chi connectivity index (χ3n) is 6.82. The smallest absolute Gasteiger partial charge is 0.200 e. The third-order valence-corrected chi connectivity index (χ3v) is 6.82. The van der Waals surface area contributed by atoms with Crippen LogP contribution in [-0.2, 0) is 0 Å². The van der Waals surface area contributed by atoms with Crippen molar-refractivity contribution in [2.75, 3.05) is 4.90 Å². The largest absolute Gasteiger partial charge is 0.456 e. The lowest BCUT2D eigenvalue weighted by molar-refractivity contribution is 0.446. The van der Waals surface area contributed by atoms with Gasteiger partial charge in [-0.05, 0) is 71.8 Å². The van der Waals surface area contributed by atoms with Gasteiger partial charge < -0.3 is 13.9 Å². The van der Waals surface area contributed by atoms with Crippen molar-refractivity contribution in [1.29, 1.82) is 0 Å². The molecule has 6 aromatic rings. The zero-order valence-corrected chi connectivity index (χ0v) is 18.9. The maximum Gasteiger partial charge on any atom is 0.200 e. The molecule has 8 rings (SSSR count). The SMILES string of the molecule is O=c1c2ccccc2oc2ccc(-c3cc4c5c(c3)Oc3ccccc3N5c3ccccc3O4)cc12.